The topological polar surface area (TPSA) is 142 Å². The van der Waals surface area contributed by atoms with Crippen LogP contribution in [-0.2, 0) is 23.1 Å². The minimum atomic E-state index is -0.998. The molecule has 0 radical (unpaired) electrons. The highest BCUT2D eigenvalue weighted by molar-refractivity contribution is 5.96. The summed E-state index contributed by atoms with van der Waals surface area (Å²) in [6.07, 6.45) is 4.57. The summed E-state index contributed by atoms with van der Waals surface area (Å²) in [5, 5.41) is 4.06. The van der Waals surface area contributed by atoms with E-state index in [0.717, 1.165) is 17.7 Å². The molecule has 134 valence electrons. The number of carbonyl (C=O) groups is 2. The van der Waals surface area contributed by atoms with Gasteiger partial charge >= 0.3 is 5.97 Å². The van der Waals surface area contributed by atoms with Gasteiger partial charge in [-0.05, 0) is 6.07 Å². The van der Waals surface area contributed by atoms with Gasteiger partial charge in [0, 0.05) is 30.6 Å². The molecular formula is C16H15N5O5. The monoisotopic (exact) mass is 357 g/mol. The molecule has 0 saturated carbocycles. The number of nitrogens with zero attached hydrogens (tertiary/aromatic N) is 3. The number of aromatic nitrogens is 4. The van der Waals surface area contributed by atoms with E-state index >= 15 is 0 Å². The van der Waals surface area contributed by atoms with Crippen LogP contribution in [0.25, 0.3) is 22.2 Å². The standard InChI is InChI=1S/C16H15N5O5/c1-20-6-8(4-19-20)11-5-18-15-9(13(11)23)3-10(14(17)24)16(25)21(15)7-12(22)26-2/h3-6H,7H2,1-2H3,(H2,17,24)(H,18,23). The summed E-state index contributed by atoms with van der Waals surface area (Å²) in [6, 6.07) is 1.13. The summed E-state index contributed by atoms with van der Waals surface area (Å²) < 4.78 is 7.05. The summed E-state index contributed by atoms with van der Waals surface area (Å²) >= 11 is 0. The number of H-pyrrole nitrogens is 1. The van der Waals surface area contributed by atoms with E-state index in [-0.39, 0.29) is 11.0 Å². The Morgan fingerprint density at radius 3 is 2.65 bits per heavy atom. The van der Waals surface area contributed by atoms with Crippen LogP contribution in [0.4, 0.5) is 0 Å². The van der Waals surface area contributed by atoms with E-state index < -0.39 is 35.0 Å². The number of methoxy groups -OCH3 is 1. The minimum absolute atomic E-state index is 0.0451. The lowest BCUT2D eigenvalue weighted by molar-refractivity contribution is -0.141. The predicted molar refractivity (Wildman–Crippen MR) is 91.6 cm³/mol. The van der Waals surface area contributed by atoms with Gasteiger partial charge in [-0.2, -0.15) is 5.10 Å². The number of fused-ring (bicyclic) bond motifs is 1. The molecule has 3 aromatic rings. The van der Waals surface area contributed by atoms with E-state index in [4.69, 9.17) is 5.73 Å². The summed E-state index contributed by atoms with van der Waals surface area (Å²) in [5.41, 5.74) is 4.56. The van der Waals surface area contributed by atoms with Gasteiger partial charge in [-0.3, -0.25) is 28.4 Å². The van der Waals surface area contributed by atoms with Crippen molar-refractivity contribution in [2.24, 2.45) is 12.8 Å². The molecule has 0 atom stereocenters. The van der Waals surface area contributed by atoms with Crippen molar-refractivity contribution in [2.45, 2.75) is 6.54 Å². The molecule has 0 aliphatic heterocycles. The second-order valence-electron chi connectivity index (χ2n) is 5.59. The van der Waals surface area contributed by atoms with Crippen molar-refractivity contribution in [2.75, 3.05) is 7.11 Å². The summed E-state index contributed by atoms with van der Waals surface area (Å²) in [6.45, 7) is -0.477. The number of esters is 1. The number of pyridine rings is 2. The van der Waals surface area contributed by atoms with E-state index in [1.165, 1.54) is 17.1 Å². The van der Waals surface area contributed by atoms with Crippen LogP contribution in [0.2, 0.25) is 0 Å². The number of amides is 1. The maximum absolute atomic E-state index is 12.9. The van der Waals surface area contributed by atoms with Gasteiger partial charge in [0.2, 0.25) is 0 Å². The Morgan fingerprint density at radius 1 is 1.35 bits per heavy atom. The number of aromatic amines is 1. The summed E-state index contributed by atoms with van der Waals surface area (Å²) in [7, 11) is 2.87. The molecule has 26 heavy (non-hydrogen) atoms. The Bertz CT molecular complexity index is 1150. The Labute approximate surface area is 145 Å². The lowest BCUT2D eigenvalue weighted by Crippen LogP contribution is -2.33. The maximum Gasteiger partial charge on any atom is 0.325 e. The molecule has 3 rings (SSSR count). The Kier molecular flexibility index (Phi) is 4.16. The van der Waals surface area contributed by atoms with Crippen molar-refractivity contribution < 1.29 is 14.3 Å². The number of carbonyl (C=O) groups excluding carboxylic acids is 2. The van der Waals surface area contributed by atoms with Gasteiger partial charge in [0.15, 0.2) is 5.43 Å². The van der Waals surface area contributed by atoms with Crippen molar-refractivity contribution in [3.8, 4) is 11.1 Å². The quantitative estimate of drug-likeness (QED) is 0.595. The van der Waals surface area contributed by atoms with Crippen LogP contribution in [0.15, 0.2) is 34.2 Å². The van der Waals surface area contributed by atoms with Crippen LogP contribution in [0, 0.1) is 0 Å². The van der Waals surface area contributed by atoms with Gasteiger partial charge in [-0.1, -0.05) is 0 Å². The first kappa shape index (κ1) is 17.1. The van der Waals surface area contributed by atoms with Crippen LogP contribution in [0.1, 0.15) is 10.4 Å². The fourth-order valence-corrected chi connectivity index (χ4v) is 2.64. The largest absolute Gasteiger partial charge is 0.468 e. The summed E-state index contributed by atoms with van der Waals surface area (Å²) in [4.78, 5) is 51.4. The van der Waals surface area contributed by atoms with Gasteiger partial charge in [0.1, 0.15) is 17.8 Å². The number of nitrogens with two attached hydrogens (primary N) is 1. The van der Waals surface area contributed by atoms with E-state index in [0.29, 0.717) is 11.1 Å². The van der Waals surface area contributed by atoms with Crippen molar-refractivity contribution in [1.82, 2.24) is 19.3 Å². The lowest BCUT2D eigenvalue weighted by Gasteiger charge is -2.11. The first-order valence-electron chi connectivity index (χ1n) is 7.48. The summed E-state index contributed by atoms with van der Waals surface area (Å²) in [5.74, 6) is -1.71. The van der Waals surface area contributed by atoms with Crippen molar-refractivity contribution in [3.63, 3.8) is 0 Å². The molecule has 10 heteroatoms. The van der Waals surface area contributed by atoms with Gasteiger partial charge in [0.25, 0.3) is 11.5 Å². The number of hydrogen-bond donors (Lipinski definition) is 2. The van der Waals surface area contributed by atoms with Crippen molar-refractivity contribution >= 4 is 22.9 Å². The maximum atomic E-state index is 12.9. The Morgan fingerprint density at radius 2 is 2.08 bits per heavy atom. The first-order valence-corrected chi connectivity index (χ1v) is 7.48. The average molecular weight is 357 g/mol. The molecular weight excluding hydrogens is 342 g/mol. The van der Waals surface area contributed by atoms with Crippen LogP contribution < -0.4 is 16.7 Å². The van der Waals surface area contributed by atoms with Gasteiger partial charge < -0.3 is 15.5 Å². The Balaban J connectivity index is 2.36. The molecule has 3 aromatic heterocycles. The number of rotatable bonds is 4. The van der Waals surface area contributed by atoms with Gasteiger partial charge in [-0.25, -0.2) is 0 Å². The second-order valence-corrected chi connectivity index (χ2v) is 5.59. The van der Waals surface area contributed by atoms with Crippen molar-refractivity contribution in [3.05, 3.63) is 50.8 Å². The third-order valence-corrected chi connectivity index (χ3v) is 3.93. The average Bonchev–Trinajstić information content (AvgIpc) is 3.03. The molecule has 0 fully saturated rings. The number of nitrogens with one attached hydrogen (secondary N) is 1. The molecule has 0 aromatic carbocycles. The molecule has 1 amide bonds. The van der Waals surface area contributed by atoms with E-state index in [1.807, 2.05) is 0 Å². The van der Waals surface area contributed by atoms with Crippen LogP contribution in [0.5, 0.6) is 0 Å². The third-order valence-electron chi connectivity index (χ3n) is 3.93. The SMILES string of the molecule is COC(=O)Cn1c(=O)c(C(N)=O)cc2c(=O)c(-c3cnn(C)c3)c[nH]c21. The first-order chi connectivity index (χ1) is 12.3. The van der Waals surface area contributed by atoms with E-state index in [1.54, 1.807) is 13.2 Å². The fraction of sp³-hybridized carbons (Fsp3) is 0.188. The number of ether oxygens (including phenoxy) is 1. The number of hydrogen-bond acceptors (Lipinski definition) is 6. The van der Waals surface area contributed by atoms with Gasteiger partial charge in [0.05, 0.1) is 18.7 Å². The number of primary amides is 1. The molecule has 3 heterocycles. The van der Waals surface area contributed by atoms with Crippen LogP contribution >= 0.6 is 0 Å². The van der Waals surface area contributed by atoms with E-state index in [2.05, 4.69) is 14.8 Å². The predicted octanol–water partition coefficient (Wildman–Crippen LogP) is -0.638. The highest BCUT2D eigenvalue weighted by atomic mass is 16.5. The number of aryl methyl sites for hydroxylation is 1. The normalized spacial score (nSPS) is 10.8. The van der Waals surface area contributed by atoms with Crippen LogP contribution in [-0.4, -0.2) is 38.3 Å². The smallest absolute Gasteiger partial charge is 0.325 e. The lowest BCUT2D eigenvalue weighted by atomic mass is 10.1. The molecule has 0 aliphatic carbocycles. The third kappa shape index (κ3) is 2.77. The zero-order valence-electron chi connectivity index (χ0n) is 14.0. The van der Waals surface area contributed by atoms with Crippen LogP contribution in [0.3, 0.4) is 0 Å². The molecule has 0 bridgehead atoms. The molecule has 10 nitrogen and oxygen atoms in total. The minimum Gasteiger partial charge on any atom is -0.468 e. The fourth-order valence-electron chi connectivity index (χ4n) is 2.64. The molecule has 3 N–H and O–H groups in total. The molecule has 0 saturated heterocycles. The van der Waals surface area contributed by atoms with E-state index in [9.17, 15) is 19.2 Å². The Hall–Kier alpha value is -3.69. The molecule has 0 unspecified atom stereocenters. The molecule has 0 aliphatic rings. The highest BCUT2D eigenvalue weighted by Gasteiger charge is 2.19. The zero-order chi connectivity index (χ0) is 19.0. The van der Waals surface area contributed by atoms with Crippen molar-refractivity contribution in [1.29, 1.82) is 0 Å². The second kappa shape index (κ2) is 6.31. The molecule has 0 spiro atoms. The van der Waals surface area contributed by atoms with Gasteiger partial charge in [-0.15, -0.1) is 0 Å². The highest BCUT2D eigenvalue weighted by Crippen LogP contribution is 2.17. The zero-order valence-corrected chi connectivity index (χ0v) is 14.0.